The van der Waals surface area contributed by atoms with Crippen molar-refractivity contribution >= 4 is 17.4 Å². The van der Waals surface area contributed by atoms with Crippen LogP contribution in [0.4, 0.5) is 11.5 Å². The Hall–Kier alpha value is -2.63. The van der Waals surface area contributed by atoms with Crippen molar-refractivity contribution in [2.75, 3.05) is 36.4 Å². The Bertz CT molecular complexity index is 766. The van der Waals surface area contributed by atoms with E-state index in [-0.39, 0.29) is 5.91 Å². The van der Waals surface area contributed by atoms with Crippen molar-refractivity contribution in [2.45, 2.75) is 25.8 Å². The molecule has 1 aromatic heterocycles. The van der Waals surface area contributed by atoms with Crippen LogP contribution in [0.25, 0.3) is 0 Å². The molecule has 0 bridgehead atoms. The molecule has 0 unspecified atom stereocenters. The molecule has 1 N–H and O–H groups in total. The summed E-state index contributed by atoms with van der Waals surface area (Å²) in [5, 5.41) is 3.32. The van der Waals surface area contributed by atoms with E-state index in [2.05, 4.69) is 51.4 Å². The van der Waals surface area contributed by atoms with Crippen LogP contribution >= 0.6 is 0 Å². The van der Waals surface area contributed by atoms with Crippen LogP contribution in [0, 0.1) is 6.92 Å². The van der Waals surface area contributed by atoms with E-state index >= 15 is 0 Å². The number of hydrogen-bond donors (Lipinski definition) is 1. The van der Waals surface area contributed by atoms with Crippen molar-refractivity contribution in [1.29, 1.82) is 0 Å². The normalized spacial score (nSPS) is 17.5. The van der Waals surface area contributed by atoms with Crippen molar-refractivity contribution in [3.05, 3.63) is 47.9 Å². The summed E-state index contributed by atoms with van der Waals surface area (Å²) in [4.78, 5) is 25.3. The Morgan fingerprint density at radius 1 is 1.12 bits per heavy atom. The summed E-state index contributed by atoms with van der Waals surface area (Å²) < 4.78 is 0. The van der Waals surface area contributed by atoms with Gasteiger partial charge in [-0.25, -0.2) is 9.97 Å². The second kappa shape index (κ2) is 6.70. The van der Waals surface area contributed by atoms with Gasteiger partial charge in [0.15, 0.2) is 0 Å². The average molecular weight is 337 g/mol. The van der Waals surface area contributed by atoms with Gasteiger partial charge in [0.2, 0.25) is 0 Å². The first-order valence-corrected chi connectivity index (χ1v) is 8.88. The summed E-state index contributed by atoms with van der Waals surface area (Å²) in [5.74, 6) is 0.740. The third-order valence-electron chi connectivity index (χ3n) is 4.75. The molecule has 1 saturated heterocycles. The van der Waals surface area contributed by atoms with Crippen molar-refractivity contribution < 1.29 is 4.79 Å². The fourth-order valence-corrected chi connectivity index (χ4v) is 3.14. The van der Waals surface area contributed by atoms with E-state index in [1.54, 1.807) is 6.07 Å². The van der Waals surface area contributed by atoms with Crippen LogP contribution in [0.15, 0.2) is 36.7 Å². The number of carbonyl (C=O) groups excluding carboxylic acids is 1. The van der Waals surface area contributed by atoms with E-state index in [1.165, 1.54) is 30.4 Å². The number of aromatic nitrogens is 2. The predicted octanol–water partition coefficient (Wildman–Crippen LogP) is 2.32. The highest BCUT2D eigenvalue weighted by Crippen LogP contribution is 2.24. The quantitative estimate of drug-likeness (QED) is 0.928. The van der Waals surface area contributed by atoms with Gasteiger partial charge in [-0.05, 0) is 37.5 Å². The van der Waals surface area contributed by atoms with E-state index in [4.69, 9.17) is 0 Å². The van der Waals surface area contributed by atoms with Crippen LogP contribution in [0.3, 0.4) is 0 Å². The second-order valence-corrected chi connectivity index (χ2v) is 6.83. The first kappa shape index (κ1) is 15.9. The lowest BCUT2D eigenvalue weighted by Crippen LogP contribution is -2.49. The second-order valence-electron chi connectivity index (χ2n) is 6.83. The summed E-state index contributed by atoms with van der Waals surface area (Å²) in [7, 11) is 0. The topological polar surface area (TPSA) is 61.4 Å². The van der Waals surface area contributed by atoms with E-state index in [1.807, 2.05) is 4.90 Å². The van der Waals surface area contributed by atoms with Crippen LogP contribution in [-0.4, -0.2) is 53.0 Å². The molecule has 1 saturated carbocycles. The molecule has 1 aliphatic heterocycles. The molecule has 2 aliphatic rings. The fraction of sp³-hybridized carbons (Fsp3) is 0.421. The zero-order valence-corrected chi connectivity index (χ0v) is 14.5. The maximum absolute atomic E-state index is 12.7. The number of anilines is 2. The summed E-state index contributed by atoms with van der Waals surface area (Å²) >= 11 is 0. The van der Waals surface area contributed by atoms with Gasteiger partial charge in [0.25, 0.3) is 5.91 Å². The van der Waals surface area contributed by atoms with E-state index in [0.717, 1.165) is 18.9 Å². The third kappa shape index (κ3) is 3.73. The summed E-state index contributed by atoms with van der Waals surface area (Å²) in [6, 6.07) is 10.8. The summed E-state index contributed by atoms with van der Waals surface area (Å²) in [5.41, 5.74) is 2.96. The fourth-order valence-electron chi connectivity index (χ4n) is 3.14. The van der Waals surface area contributed by atoms with E-state index in [9.17, 15) is 4.79 Å². The van der Waals surface area contributed by atoms with Gasteiger partial charge < -0.3 is 15.1 Å². The van der Waals surface area contributed by atoms with Gasteiger partial charge in [-0.2, -0.15) is 0 Å². The minimum absolute atomic E-state index is 0.00913. The molecule has 6 heteroatoms. The number of benzene rings is 1. The number of nitrogens with one attached hydrogen (secondary N) is 1. The Balaban J connectivity index is 1.39. The van der Waals surface area contributed by atoms with Crippen LogP contribution < -0.4 is 10.2 Å². The van der Waals surface area contributed by atoms with Crippen LogP contribution in [0.2, 0.25) is 0 Å². The monoisotopic (exact) mass is 337 g/mol. The zero-order chi connectivity index (χ0) is 17.2. The van der Waals surface area contributed by atoms with Gasteiger partial charge in [0.1, 0.15) is 17.8 Å². The number of hydrogen-bond acceptors (Lipinski definition) is 5. The van der Waals surface area contributed by atoms with Gasteiger partial charge in [-0.15, -0.1) is 0 Å². The number of amides is 1. The maximum Gasteiger partial charge on any atom is 0.272 e. The summed E-state index contributed by atoms with van der Waals surface area (Å²) in [6.45, 7) is 5.21. The van der Waals surface area contributed by atoms with Crippen molar-refractivity contribution in [1.82, 2.24) is 14.9 Å². The molecule has 2 heterocycles. The predicted molar refractivity (Wildman–Crippen MR) is 98.0 cm³/mol. The van der Waals surface area contributed by atoms with Gasteiger partial charge in [0.05, 0.1) is 0 Å². The van der Waals surface area contributed by atoms with Crippen molar-refractivity contribution in [3.63, 3.8) is 0 Å². The Kier molecular flexibility index (Phi) is 4.26. The lowest BCUT2D eigenvalue weighted by Gasteiger charge is -2.36. The standard InChI is InChI=1S/C19H23N5O/c1-14-3-2-4-16(11-14)23-7-9-24(10-8-23)19(25)17-12-18(21-13-20-17)22-15-5-6-15/h2-4,11-13,15H,5-10H2,1H3,(H,20,21,22). The number of rotatable bonds is 4. The molecule has 0 radical (unpaired) electrons. The molecular formula is C19H23N5O. The summed E-state index contributed by atoms with van der Waals surface area (Å²) in [6.07, 6.45) is 3.82. The number of piperazine rings is 1. The molecule has 25 heavy (non-hydrogen) atoms. The lowest BCUT2D eigenvalue weighted by molar-refractivity contribution is 0.0740. The van der Waals surface area contributed by atoms with Gasteiger partial charge in [0, 0.05) is 44.0 Å². The van der Waals surface area contributed by atoms with E-state index < -0.39 is 0 Å². The molecule has 4 rings (SSSR count). The number of aryl methyl sites for hydroxylation is 1. The Labute approximate surface area is 147 Å². The van der Waals surface area contributed by atoms with Crippen molar-refractivity contribution in [3.8, 4) is 0 Å². The van der Waals surface area contributed by atoms with Gasteiger partial charge in [-0.3, -0.25) is 4.79 Å². The lowest BCUT2D eigenvalue weighted by atomic mass is 10.2. The third-order valence-corrected chi connectivity index (χ3v) is 4.75. The molecule has 2 aromatic rings. The minimum atomic E-state index is -0.00913. The largest absolute Gasteiger partial charge is 0.368 e. The molecule has 0 atom stereocenters. The molecule has 1 aliphatic carbocycles. The molecule has 2 fully saturated rings. The Morgan fingerprint density at radius 2 is 1.92 bits per heavy atom. The molecule has 1 aromatic carbocycles. The minimum Gasteiger partial charge on any atom is -0.368 e. The van der Waals surface area contributed by atoms with Crippen LogP contribution in [0.1, 0.15) is 28.9 Å². The van der Waals surface area contributed by atoms with Crippen LogP contribution in [-0.2, 0) is 0 Å². The number of carbonyl (C=O) groups is 1. The molecule has 0 spiro atoms. The van der Waals surface area contributed by atoms with Gasteiger partial charge in [-0.1, -0.05) is 12.1 Å². The highest BCUT2D eigenvalue weighted by Gasteiger charge is 2.25. The highest BCUT2D eigenvalue weighted by molar-refractivity contribution is 5.93. The maximum atomic E-state index is 12.7. The SMILES string of the molecule is Cc1cccc(N2CCN(C(=O)c3cc(NC4CC4)ncn3)CC2)c1. The van der Waals surface area contributed by atoms with Crippen molar-refractivity contribution in [2.24, 2.45) is 0 Å². The molecule has 6 nitrogen and oxygen atoms in total. The molecule has 1 amide bonds. The smallest absolute Gasteiger partial charge is 0.272 e. The molecular weight excluding hydrogens is 314 g/mol. The average Bonchev–Trinajstić information content (AvgIpc) is 3.45. The molecule has 130 valence electrons. The van der Waals surface area contributed by atoms with Crippen LogP contribution in [0.5, 0.6) is 0 Å². The highest BCUT2D eigenvalue weighted by atomic mass is 16.2. The first-order chi connectivity index (χ1) is 12.2. The van der Waals surface area contributed by atoms with Gasteiger partial charge >= 0.3 is 0 Å². The Morgan fingerprint density at radius 3 is 2.64 bits per heavy atom. The van der Waals surface area contributed by atoms with E-state index in [0.29, 0.717) is 24.8 Å². The first-order valence-electron chi connectivity index (χ1n) is 8.88. The number of nitrogens with zero attached hydrogens (tertiary/aromatic N) is 4. The zero-order valence-electron chi connectivity index (χ0n) is 14.5.